The van der Waals surface area contributed by atoms with E-state index >= 15 is 0 Å². The van der Waals surface area contributed by atoms with Gasteiger partial charge in [-0.1, -0.05) is 326 Å². The van der Waals surface area contributed by atoms with Crippen LogP contribution < -0.4 is 0 Å². The fourth-order valence-corrected chi connectivity index (χ4v) is 9.91. The molecule has 6 nitrogen and oxygen atoms in total. The van der Waals surface area contributed by atoms with Crippen molar-refractivity contribution in [2.45, 2.75) is 361 Å². The van der Waals surface area contributed by atoms with Gasteiger partial charge < -0.3 is 14.2 Å². The molecule has 6 heteroatoms. The molecule has 0 radical (unpaired) electrons. The maximum Gasteiger partial charge on any atom is 0.306 e. The van der Waals surface area contributed by atoms with E-state index in [0.717, 1.165) is 83.5 Å². The fraction of sp³-hybridized carbons (Fsp3) is 0.841. The maximum atomic E-state index is 12.9. The molecule has 0 bridgehead atoms. The van der Waals surface area contributed by atoms with Crippen molar-refractivity contribution in [2.75, 3.05) is 13.2 Å². The Labute approximate surface area is 467 Å². The Bertz CT molecular complexity index is 1300. The molecule has 0 rings (SSSR count). The van der Waals surface area contributed by atoms with Crippen LogP contribution in [0, 0.1) is 0 Å². The minimum atomic E-state index is -0.772. The van der Waals surface area contributed by atoms with E-state index in [1.54, 1.807) is 0 Å². The molecule has 0 aliphatic rings. The lowest BCUT2D eigenvalue weighted by Gasteiger charge is -2.18. The van der Waals surface area contributed by atoms with Crippen LogP contribution in [0.4, 0.5) is 0 Å². The van der Waals surface area contributed by atoms with E-state index < -0.39 is 6.10 Å². The van der Waals surface area contributed by atoms with Crippen molar-refractivity contribution >= 4 is 17.9 Å². The van der Waals surface area contributed by atoms with Crippen molar-refractivity contribution in [1.82, 2.24) is 0 Å². The van der Waals surface area contributed by atoms with E-state index in [1.807, 2.05) is 0 Å². The number of allylic oxidation sites excluding steroid dienone is 8. The van der Waals surface area contributed by atoms with E-state index in [-0.39, 0.29) is 31.1 Å². The van der Waals surface area contributed by atoms with Gasteiger partial charge in [0.1, 0.15) is 13.2 Å². The molecule has 0 heterocycles. The lowest BCUT2D eigenvalue weighted by Crippen LogP contribution is -2.30. The zero-order valence-electron chi connectivity index (χ0n) is 50.3. The number of unbranched alkanes of at least 4 members (excludes halogenated alkanes) is 42. The highest BCUT2D eigenvalue weighted by atomic mass is 16.6. The summed E-state index contributed by atoms with van der Waals surface area (Å²) in [5.74, 6) is -0.847. The molecule has 0 aromatic heterocycles. The minimum Gasteiger partial charge on any atom is -0.462 e. The molecule has 0 aliphatic carbocycles. The van der Waals surface area contributed by atoms with Crippen LogP contribution in [0.25, 0.3) is 0 Å². The van der Waals surface area contributed by atoms with Crippen molar-refractivity contribution in [1.29, 1.82) is 0 Å². The standard InChI is InChI=1S/C69H126O6/c1-4-7-10-13-16-19-22-25-27-29-31-33-34-36-37-39-41-44-47-50-53-56-59-62-68(71)74-65-66(64-73-67(70)61-58-55-52-49-46-43-24-21-18-15-12-9-6-3)75-69(72)63-60-57-54-51-48-45-42-40-38-35-32-30-28-26-23-20-17-14-11-8-5-2/h7,10,16,19,25,27,31,33,66H,4-6,8-9,11-15,17-18,20-24,26,28-30,32,34-65H2,1-3H3/b10-7-,19-16-,27-25-,33-31-. The number of hydrogen-bond donors (Lipinski definition) is 0. The smallest absolute Gasteiger partial charge is 0.306 e. The molecule has 0 aromatic carbocycles. The monoisotopic (exact) mass is 1050 g/mol. The molecule has 1 atom stereocenters. The SMILES string of the molecule is CC/C=C\C/C=C\C/C=C\C/C=C\CCCCCCCCCCCCC(=O)OCC(COC(=O)CCCCCCCCCCCCCCC)OC(=O)CCCCCCCCCCCCCCCCCCCCCCC. The highest BCUT2D eigenvalue weighted by Gasteiger charge is 2.19. The molecule has 0 amide bonds. The summed E-state index contributed by atoms with van der Waals surface area (Å²) in [6.07, 6.45) is 79.8. The molecule has 0 aliphatic heterocycles. The molecule has 0 spiro atoms. The number of hydrogen-bond acceptors (Lipinski definition) is 6. The van der Waals surface area contributed by atoms with Gasteiger partial charge in [-0.25, -0.2) is 0 Å². The summed E-state index contributed by atoms with van der Waals surface area (Å²) in [7, 11) is 0. The van der Waals surface area contributed by atoms with Crippen molar-refractivity contribution in [3.8, 4) is 0 Å². The summed E-state index contributed by atoms with van der Waals surface area (Å²) in [4.78, 5) is 38.3. The first-order valence-electron chi connectivity index (χ1n) is 33.1. The van der Waals surface area contributed by atoms with Gasteiger partial charge in [0.25, 0.3) is 0 Å². The quantitative estimate of drug-likeness (QED) is 0.0261. The van der Waals surface area contributed by atoms with E-state index in [4.69, 9.17) is 14.2 Å². The Morgan fingerprint density at radius 2 is 0.520 bits per heavy atom. The Balaban J connectivity index is 4.27. The van der Waals surface area contributed by atoms with Gasteiger partial charge in [-0.2, -0.15) is 0 Å². The van der Waals surface area contributed by atoms with Gasteiger partial charge in [-0.3, -0.25) is 14.4 Å². The van der Waals surface area contributed by atoms with Crippen LogP contribution in [-0.2, 0) is 28.6 Å². The van der Waals surface area contributed by atoms with Crippen molar-refractivity contribution in [3.05, 3.63) is 48.6 Å². The van der Waals surface area contributed by atoms with Crippen LogP contribution in [0.3, 0.4) is 0 Å². The van der Waals surface area contributed by atoms with Crippen LogP contribution >= 0.6 is 0 Å². The van der Waals surface area contributed by atoms with E-state index in [9.17, 15) is 14.4 Å². The van der Waals surface area contributed by atoms with Crippen LogP contribution in [0.15, 0.2) is 48.6 Å². The first kappa shape index (κ1) is 72.4. The predicted molar refractivity (Wildman–Crippen MR) is 325 cm³/mol. The zero-order valence-corrected chi connectivity index (χ0v) is 50.3. The number of ether oxygens (including phenoxy) is 3. The summed E-state index contributed by atoms with van der Waals surface area (Å²) >= 11 is 0. The lowest BCUT2D eigenvalue weighted by molar-refractivity contribution is -0.167. The molecule has 1 unspecified atom stereocenters. The predicted octanol–water partition coefficient (Wildman–Crippen LogP) is 22.6. The summed E-state index contributed by atoms with van der Waals surface area (Å²) in [6, 6.07) is 0. The summed E-state index contributed by atoms with van der Waals surface area (Å²) < 4.78 is 17.0. The molecule has 0 fully saturated rings. The number of rotatable bonds is 61. The zero-order chi connectivity index (χ0) is 54.3. The van der Waals surface area contributed by atoms with Crippen LogP contribution in [0.2, 0.25) is 0 Å². The van der Waals surface area contributed by atoms with Crippen molar-refractivity contribution in [2.24, 2.45) is 0 Å². The number of carbonyl (C=O) groups excluding carboxylic acids is 3. The van der Waals surface area contributed by atoms with Gasteiger partial charge in [-0.05, 0) is 57.8 Å². The molecule has 0 N–H and O–H groups in total. The molecule has 75 heavy (non-hydrogen) atoms. The average molecular weight is 1050 g/mol. The Hall–Kier alpha value is -2.63. The highest BCUT2D eigenvalue weighted by Crippen LogP contribution is 2.18. The Morgan fingerprint density at radius 1 is 0.280 bits per heavy atom. The van der Waals surface area contributed by atoms with Gasteiger partial charge in [0.2, 0.25) is 0 Å². The third-order valence-electron chi connectivity index (χ3n) is 14.8. The molecule has 438 valence electrons. The Kier molecular flexibility index (Phi) is 61.7. The lowest BCUT2D eigenvalue weighted by atomic mass is 10.0. The van der Waals surface area contributed by atoms with Crippen LogP contribution in [0.5, 0.6) is 0 Å². The van der Waals surface area contributed by atoms with Gasteiger partial charge in [0, 0.05) is 19.3 Å². The number of esters is 3. The third-order valence-corrected chi connectivity index (χ3v) is 14.8. The topological polar surface area (TPSA) is 78.9 Å². The van der Waals surface area contributed by atoms with Crippen LogP contribution in [-0.4, -0.2) is 37.2 Å². The molecule has 0 saturated carbocycles. The van der Waals surface area contributed by atoms with Crippen molar-refractivity contribution in [3.63, 3.8) is 0 Å². The van der Waals surface area contributed by atoms with E-state index in [2.05, 4.69) is 69.4 Å². The Morgan fingerprint density at radius 3 is 0.813 bits per heavy atom. The summed E-state index contributed by atoms with van der Waals surface area (Å²) in [6.45, 7) is 6.59. The minimum absolute atomic E-state index is 0.0686. The van der Waals surface area contributed by atoms with Gasteiger partial charge in [-0.15, -0.1) is 0 Å². The van der Waals surface area contributed by atoms with E-state index in [1.165, 1.54) is 231 Å². The van der Waals surface area contributed by atoms with Gasteiger partial charge in [0.15, 0.2) is 6.10 Å². The summed E-state index contributed by atoms with van der Waals surface area (Å²) in [5, 5.41) is 0. The molecular weight excluding hydrogens is 925 g/mol. The second-order valence-electron chi connectivity index (χ2n) is 22.4. The first-order valence-corrected chi connectivity index (χ1v) is 33.1. The van der Waals surface area contributed by atoms with Crippen molar-refractivity contribution < 1.29 is 28.6 Å². The largest absolute Gasteiger partial charge is 0.462 e. The number of carbonyl (C=O) groups is 3. The highest BCUT2D eigenvalue weighted by molar-refractivity contribution is 5.71. The van der Waals surface area contributed by atoms with Gasteiger partial charge in [0.05, 0.1) is 0 Å². The first-order chi connectivity index (χ1) is 37.0. The molecular formula is C69H126O6. The average Bonchev–Trinajstić information content (AvgIpc) is 3.41. The second-order valence-corrected chi connectivity index (χ2v) is 22.4. The summed E-state index contributed by atoms with van der Waals surface area (Å²) in [5.41, 5.74) is 0. The van der Waals surface area contributed by atoms with Crippen LogP contribution in [0.1, 0.15) is 355 Å². The van der Waals surface area contributed by atoms with E-state index in [0.29, 0.717) is 19.3 Å². The normalized spacial score (nSPS) is 12.3. The molecule has 0 aromatic rings. The molecule has 0 saturated heterocycles. The fourth-order valence-electron chi connectivity index (χ4n) is 9.91. The van der Waals surface area contributed by atoms with Gasteiger partial charge >= 0.3 is 17.9 Å². The maximum absolute atomic E-state index is 12.9. The second kappa shape index (κ2) is 63.9. The third kappa shape index (κ3) is 62.1.